The molecule has 0 aliphatic heterocycles. The van der Waals surface area contributed by atoms with E-state index in [2.05, 4.69) is 20.5 Å². The normalized spacial score (nSPS) is 10.4. The molecule has 8 heteroatoms. The number of nitrogens with zero attached hydrogens (tertiary/aromatic N) is 2. The number of nitrogens with one attached hydrogen (secondary N) is 2. The van der Waals surface area contributed by atoms with Crippen LogP contribution in [0.4, 0.5) is 8.78 Å². The molecule has 1 amide bonds. The van der Waals surface area contributed by atoms with Gasteiger partial charge in [0.15, 0.2) is 18.2 Å². The van der Waals surface area contributed by atoms with Gasteiger partial charge in [0.2, 0.25) is 0 Å². The summed E-state index contributed by atoms with van der Waals surface area (Å²) in [6.45, 7) is 0.111. The molecule has 21 heavy (non-hydrogen) atoms. The number of hydrogen-bond acceptors (Lipinski definition) is 4. The van der Waals surface area contributed by atoms with E-state index in [4.69, 9.17) is 4.74 Å². The lowest BCUT2D eigenvalue weighted by Crippen LogP contribution is -2.30. The Morgan fingerprint density at radius 2 is 2.24 bits per heavy atom. The molecule has 2 aromatic rings. The van der Waals surface area contributed by atoms with Gasteiger partial charge in [0.1, 0.15) is 18.0 Å². The molecule has 0 bridgehead atoms. The smallest absolute Gasteiger partial charge is 0.257 e. The lowest BCUT2D eigenvalue weighted by Gasteiger charge is -2.07. The van der Waals surface area contributed by atoms with E-state index < -0.39 is 11.6 Å². The quantitative estimate of drug-likeness (QED) is 0.753. The van der Waals surface area contributed by atoms with Crippen LogP contribution in [0.3, 0.4) is 0 Å². The van der Waals surface area contributed by atoms with E-state index in [1.807, 2.05) is 0 Å². The fourth-order valence-corrected chi connectivity index (χ4v) is 1.62. The van der Waals surface area contributed by atoms with Gasteiger partial charge in [-0.2, -0.15) is 5.10 Å². The zero-order valence-electron chi connectivity index (χ0n) is 11.1. The Hall–Kier alpha value is -2.51. The highest BCUT2D eigenvalue weighted by molar-refractivity contribution is 5.77. The van der Waals surface area contributed by atoms with Crippen molar-refractivity contribution in [2.45, 2.75) is 12.8 Å². The van der Waals surface area contributed by atoms with E-state index in [1.165, 1.54) is 6.33 Å². The Kier molecular flexibility index (Phi) is 5.19. The van der Waals surface area contributed by atoms with Crippen LogP contribution in [-0.4, -0.2) is 34.2 Å². The van der Waals surface area contributed by atoms with Crippen LogP contribution in [0.2, 0.25) is 0 Å². The highest BCUT2D eigenvalue weighted by Gasteiger charge is 2.07. The summed E-state index contributed by atoms with van der Waals surface area (Å²) >= 11 is 0. The fraction of sp³-hybridized carbons (Fsp3) is 0.308. The van der Waals surface area contributed by atoms with Crippen molar-refractivity contribution < 1.29 is 18.3 Å². The number of carbonyl (C=O) groups is 1. The molecule has 2 rings (SSSR count). The zero-order chi connectivity index (χ0) is 15.1. The Labute approximate surface area is 119 Å². The maximum atomic E-state index is 13.3. The fourth-order valence-electron chi connectivity index (χ4n) is 1.62. The van der Waals surface area contributed by atoms with E-state index in [0.717, 1.165) is 18.0 Å². The molecule has 1 aromatic heterocycles. The zero-order valence-corrected chi connectivity index (χ0v) is 11.1. The first-order valence-corrected chi connectivity index (χ1v) is 6.34. The van der Waals surface area contributed by atoms with Crippen molar-refractivity contribution >= 4 is 5.91 Å². The Morgan fingerprint density at radius 1 is 1.38 bits per heavy atom. The number of ether oxygens (including phenoxy) is 1. The van der Waals surface area contributed by atoms with Crippen molar-refractivity contribution in [3.8, 4) is 5.75 Å². The van der Waals surface area contributed by atoms with Gasteiger partial charge in [0.05, 0.1) is 0 Å². The van der Waals surface area contributed by atoms with Gasteiger partial charge in [-0.15, -0.1) is 0 Å². The van der Waals surface area contributed by atoms with Crippen molar-refractivity contribution in [2.24, 2.45) is 0 Å². The Morgan fingerprint density at radius 3 is 2.95 bits per heavy atom. The average molecular weight is 296 g/mol. The average Bonchev–Trinajstić information content (AvgIpc) is 2.96. The molecule has 1 aromatic carbocycles. The summed E-state index contributed by atoms with van der Waals surface area (Å²) in [6, 6.07) is 2.90. The van der Waals surface area contributed by atoms with Gasteiger partial charge in [0, 0.05) is 19.0 Å². The van der Waals surface area contributed by atoms with E-state index in [1.54, 1.807) is 0 Å². The van der Waals surface area contributed by atoms with Crippen LogP contribution in [0.15, 0.2) is 24.5 Å². The van der Waals surface area contributed by atoms with Crippen molar-refractivity contribution in [1.82, 2.24) is 20.5 Å². The van der Waals surface area contributed by atoms with Crippen molar-refractivity contribution in [3.63, 3.8) is 0 Å². The van der Waals surface area contributed by atoms with Crippen molar-refractivity contribution in [3.05, 3.63) is 42.0 Å². The molecule has 0 saturated heterocycles. The number of benzene rings is 1. The lowest BCUT2D eigenvalue weighted by atomic mass is 10.3. The van der Waals surface area contributed by atoms with E-state index in [-0.39, 0.29) is 18.3 Å². The van der Waals surface area contributed by atoms with E-state index in [0.29, 0.717) is 25.5 Å². The number of halogens is 2. The van der Waals surface area contributed by atoms with Crippen LogP contribution in [0.5, 0.6) is 5.75 Å². The maximum Gasteiger partial charge on any atom is 0.257 e. The van der Waals surface area contributed by atoms with Gasteiger partial charge in [0.25, 0.3) is 5.91 Å². The number of H-pyrrole nitrogens is 1. The summed E-state index contributed by atoms with van der Waals surface area (Å²) in [5.74, 6) is -1.33. The minimum Gasteiger partial charge on any atom is -0.481 e. The summed E-state index contributed by atoms with van der Waals surface area (Å²) < 4.78 is 30.9. The summed E-state index contributed by atoms with van der Waals surface area (Å²) in [7, 11) is 0. The first-order chi connectivity index (χ1) is 10.1. The summed E-state index contributed by atoms with van der Waals surface area (Å²) in [4.78, 5) is 15.4. The molecular weight excluding hydrogens is 282 g/mol. The Bertz CT molecular complexity index is 590. The number of aromatic nitrogens is 3. The number of hydrogen-bond donors (Lipinski definition) is 2. The number of amides is 1. The second-order valence-electron chi connectivity index (χ2n) is 4.25. The van der Waals surface area contributed by atoms with Crippen LogP contribution in [0.25, 0.3) is 0 Å². The molecule has 0 saturated carbocycles. The van der Waals surface area contributed by atoms with Gasteiger partial charge < -0.3 is 10.1 Å². The van der Waals surface area contributed by atoms with Gasteiger partial charge in [-0.05, 0) is 18.6 Å². The molecule has 0 aliphatic carbocycles. The highest BCUT2D eigenvalue weighted by atomic mass is 19.1. The molecule has 1 heterocycles. The van der Waals surface area contributed by atoms with E-state index >= 15 is 0 Å². The molecule has 0 aliphatic rings. The van der Waals surface area contributed by atoms with Crippen LogP contribution < -0.4 is 10.1 Å². The molecule has 112 valence electrons. The second kappa shape index (κ2) is 7.32. The second-order valence-corrected chi connectivity index (χ2v) is 4.25. The third-order valence-electron chi connectivity index (χ3n) is 2.63. The summed E-state index contributed by atoms with van der Waals surface area (Å²) in [5, 5.41) is 9.04. The first kappa shape index (κ1) is 14.9. The molecule has 6 nitrogen and oxygen atoms in total. The topological polar surface area (TPSA) is 79.9 Å². The predicted molar refractivity (Wildman–Crippen MR) is 69.6 cm³/mol. The van der Waals surface area contributed by atoms with Gasteiger partial charge in [-0.25, -0.2) is 13.8 Å². The van der Waals surface area contributed by atoms with Gasteiger partial charge in [-0.1, -0.05) is 0 Å². The largest absolute Gasteiger partial charge is 0.481 e. The minimum absolute atomic E-state index is 0.159. The highest BCUT2D eigenvalue weighted by Crippen LogP contribution is 2.17. The SMILES string of the molecule is O=C(COc1ccc(F)cc1F)NCCCc1ncn[nH]1. The van der Waals surface area contributed by atoms with E-state index in [9.17, 15) is 13.6 Å². The number of carbonyl (C=O) groups excluding carboxylic acids is 1. The third-order valence-corrected chi connectivity index (χ3v) is 2.63. The predicted octanol–water partition coefficient (Wildman–Crippen LogP) is 1.21. The van der Waals surface area contributed by atoms with Gasteiger partial charge in [-0.3, -0.25) is 9.89 Å². The molecule has 2 N–H and O–H groups in total. The van der Waals surface area contributed by atoms with Crippen LogP contribution in [0, 0.1) is 11.6 Å². The number of rotatable bonds is 7. The Balaban J connectivity index is 1.65. The third kappa shape index (κ3) is 4.83. The maximum absolute atomic E-state index is 13.3. The minimum atomic E-state index is -0.840. The molecular formula is C13H14F2N4O2. The molecule has 0 fully saturated rings. The molecule has 0 unspecified atom stereocenters. The van der Waals surface area contributed by atoms with Crippen LogP contribution in [0.1, 0.15) is 12.2 Å². The molecule has 0 spiro atoms. The van der Waals surface area contributed by atoms with Crippen LogP contribution >= 0.6 is 0 Å². The lowest BCUT2D eigenvalue weighted by molar-refractivity contribution is -0.123. The number of aryl methyl sites for hydroxylation is 1. The van der Waals surface area contributed by atoms with Crippen LogP contribution in [-0.2, 0) is 11.2 Å². The first-order valence-electron chi connectivity index (χ1n) is 6.34. The molecule has 0 atom stereocenters. The number of aromatic amines is 1. The monoisotopic (exact) mass is 296 g/mol. The summed E-state index contributed by atoms with van der Waals surface area (Å²) in [6.07, 6.45) is 2.76. The van der Waals surface area contributed by atoms with Crippen molar-refractivity contribution in [1.29, 1.82) is 0 Å². The van der Waals surface area contributed by atoms with Crippen molar-refractivity contribution in [2.75, 3.05) is 13.2 Å². The van der Waals surface area contributed by atoms with Gasteiger partial charge >= 0.3 is 0 Å². The standard InChI is InChI=1S/C13H14F2N4O2/c14-9-3-4-11(10(15)6-9)21-7-13(20)16-5-1-2-12-17-8-18-19-12/h3-4,6,8H,1-2,5,7H2,(H,16,20)(H,17,18,19). The molecule has 0 radical (unpaired) electrons. The summed E-state index contributed by atoms with van der Waals surface area (Å²) in [5.41, 5.74) is 0.